The van der Waals surface area contributed by atoms with Gasteiger partial charge in [-0.15, -0.1) is 0 Å². The Morgan fingerprint density at radius 1 is 1.15 bits per heavy atom. The van der Waals surface area contributed by atoms with Gasteiger partial charge in [-0.3, -0.25) is 4.90 Å². The zero-order valence-electron chi connectivity index (χ0n) is 16.1. The Kier molecular flexibility index (Phi) is 8.68. The quantitative estimate of drug-likeness (QED) is 0.624. The van der Waals surface area contributed by atoms with Crippen LogP contribution in [-0.4, -0.2) is 42.9 Å². The number of furan rings is 1. The lowest BCUT2D eigenvalue weighted by molar-refractivity contribution is 0.00325. The summed E-state index contributed by atoms with van der Waals surface area (Å²) in [7, 11) is 1.67. The van der Waals surface area contributed by atoms with Gasteiger partial charge in [0.1, 0.15) is 18.1 Å². The third-order valence-electron chi connectivity index (χ3n) is 4.19. The van der Waals surface area contributed by atoms with Gasteiger partial charge < -0.3 is 19.0 Å². The zero-order chi connectivity index (χ0) is 18.8. The summed E-state index contributed by atoms with van der Waals surface area (Å²) >= 11 is 0. The van der Waals surface area contributed by atoms with E-state index in [1.807, 2.05) is 24.3 Å². The summed E-state index contributed by atoms with van der Waals surface area (Å²) < 4.78 is 16.0. The first-order valence-corrected chi connectivity index (χ1v) is 9.20. The molecule has 5 nitrogen and oxygen atoms in total. The second-order valence-corrected chi connectivity index (χ2v) is 7.01. The molecule has 0 bridgehead atoms. The Bertz CT molecular complexity index is 595. The molecule has 0 aliphatic heterocycles. The molecule has 0 radical (unpaired) electrons. The minimum absolute atomic E-state index is 0.293. The molecular weight excluding hydrogens is 330 g/mol. The standard InChI is InChI=1S/C21H31NO4/c1-17(2)10-11-22(13-18-6-8-20(24-3)9-7-18)14-19(23)15-25-16-21-5-4-12-26-21/h4-9,12,17,19,23H,10-11,13-16H2,1-3H3/t19-/m0/s1. The summed E-state index contributed by atoms with van der Waals surface area (Å²) in [5.74, 6) is 2.25. The minimum Gasteiger partial charge on any atom is -0.497 e. The maximum absolute atomic E-state index is 10.4. The summed E-state index contributed by atoms with van der Waals surface area (Å²) in [6, 6.07) is 11.8. The molecule has 0 fully saturated rings. The average Bonchev–Trinajstić information content (AvgIpc) is 3.13. The Hall–Kier alpha value is -1.82. The van der Waals surface area contributed by atoms with Gasteiger partial charge in [-0.05, 0) is 48.7 Å². The van der Waals surface area contributed by atoms with Gasteiger partial charge in [-0.2, -0.15) is 0 Å². The molecule has 5 heteroatoms. The molecule has 2 rings (SSSR count). The van der Waals surface area contributed by atoms with Crippen LogP contribution in [0, 0.1) is 5.92 Å². The van der Waals surface area contributed by atoms with Crippen molar-refractivity contribution in [2.75, 3.05) is 26.8 Å². The number of ether oxygens (including phenoxy) is 2. The molecule has 1 N–H and O–H groups in total. The predicted octanol–water partition coefficient (Wildman–Crippen LogP) is 3.71. The number of aliphatic hydroxyl groups excluding tert-OH is 1. The van der Waals surface area contributed by atoms with Crippen LogP contribution in [0.3, 0.4) is 0 Å². The number of hydrogen-bond acceptors (Lipinski definition) is 5. The largest absolute Gasteiger partial charge is 0.497 e. The minimum atomic E-state index is -0.532. The molecule has 1 aromatic carbocycles. The number of nitrogens with zero attached hydrogens (tertiary/aromatic N) is 1. The van der Waals surface area contributed by atoms with E-state index in [2.05, 4.69) is 30.9 Å². The summed E-state index contributed by atoms with van der Waals surface area (Å²) in [4.78, 5) is 2.28. The number of aliphatic hydroxyl groups is 1. The Labute approximate surface area is 156 Å². The molecule has 0 spiro atoms. The van der Waals surface area contributed by atoms with Gasteiger partial charge >= 0.3 is 0 Å². The van der Waals surface area contributed by atoms with Gasteiger partial charge in [0.05, 0.1) is 26.1 Å². The van der Waals surface area contributed by atoms with Crippen LogP contribution in [0.25, 0.3) is 0 Å². The lowest BCUT2D eigenvalue weighted by Crippen LogP contribution is -2.35. The zero-order valence-corrected chi connectivity index (χ0v) is 16.1. The van der Waals surface area contributed by atoms with E-state index >= 15 is 0 Å². The molecule has 0 amide bonds. The highest BCUT2D eigenvalue weighted by atomic mass is 16.5. The Morgan fingerprint density at radius 3 is 2.54 bits per heavy atom. The predicted molar refractivity (Wildman–Crippen MR) is 102 cm³/mol. The highest BCUT2D eigenvalue weighted by Gasteiger charge is 2.14. The van der Waals surface area contributed by atoms with E-state index in [4.69, 9.17) is 13.9 Å². The third kappa shape index (κ3) is 7.60. The van der Waals surface area contributed by atoms with Crippen LogP contribution in [0.4, 0.5) is 0 Å². The van der Waals surface area contributed by atoms with Crippen LogP contribution in [0.2, 0.25) is 0 Å². The third-order valence-corrected chi connectivity index (χ3v) is 4.19. The van der Waals surface area contributed by atoms with Gasteiger partial charge in [-0.1, -0.05) is 26.0 Å². The van der Waals surface area contributed by atoms with Crippen molar-refractivity contribution in [2.24, 2.45) is 5.92 Å². The molecule has 0 saturated heterocycles. The summed E-state index contributed by atoms with van der Waals surface area (Å²) in [6.45, 7) is 7.43. The first kappa shape index (κ1) is 20.5. The van der Waals surface area contributed by atoms with Crippen LogP contribution in [0.15, 0.2) is 47.1 Å². The van der Waals surface area contributed by atoms with Gasteiger partial charge in [0, 0.05) is 13.1 Å². The van der Waals surface area contributed by atoms with E-state index in [1.54, 1.807) is 13.4 Å². The number of benzene rings is 1. The van der Waals surface area contributed by atoms with Gasteiger partial charge in [0.15, 0.2) is 0 Å². The first-order valence-electron chi connectivity index (χ1n) is 9.20. The van der Waals surface area contributed by atoms with Crippen LogP contribution in [0.5, 0.6) is 5.75 Å². The molecule has 0 aliphatic carbocycles. The van der Waals surface area contributed by atoms with E-state index in [0.717, 1.165) is 31.0 Å². The van der Waals surface area contributed by atoms with Crippen molar-refractivity contribution in [3.05, 3.63) is 54.0 Å². The summed E-state index contributed by atoms with van der Waals surface area (Å²) in [5, 5.41) is 10.4. The van der Waals surface area contributed by atoms with Crippen molar-refractivity contribution in [1.29, 1.82) is 0 Å². The van der Waals surface area contributed by atoms with Gasteiger partial charge in [-0.25, -0.2) is 0 Å². The van der Waals surface area contributed by atoms with E-state index in [1.165, 1.54) is 5.56 Å². The maximum atomic E-state index is 10.4. The summed E-state index contributed by atoms with van der Waals surface area (Å²) in [5.41, 5.74) is 1.21. The molecular formula is C21H31NO4. The summed E-state index contributed by atoms with van der Waals surface area (Å²) in [6.07, 6.45) is 2.18. The number of methoxy groups -OCH3 is 1. The Morgan fingerprint density at radius 2 is 1.92 bits per heavy atom. The number of rotatable bonds is 12. The van der Waals surface area contributed by atoms with Crippen LogP contribution in [0.1, 0.15) is 31.6 Å². The smallest absolute Gasteiger partial charge is 0.129 e. The first-order chi connectivity index (χ1) is 12.6. The highest BCUT2D eigenvalue weighted by molar-refractivity contribution is 5.27. The van der Waals surface area contributed by atoms with Crippen molar-refractivity contribution in [3.8, 4) is 5.75 Å². The normalized spacial score (nSPS) is 12.7. The topological polar surface area (TPSA) is 55.1 Å². The monoisotopic (exact) mass is 361 g/mol. The van der Waals surface area contributed by atoms with Crippen molar-refractivity contribution < 1.29 is 19.0 Å². The molecule has 144 valence electrons. The van der Waals surface area contributed by atoms with E-state index in [-0.39, 0.29) is 0 Å². The second-order valence-electron chi connectivity index (χ2n) is 7.01. The van der Waals surface area contributed by atoms with E-state index < -0.39 is 6.10 Å². The lowest BCUT2D eigenvalue weighted by Gasteiger charge is -2.26. The maximum Gasteiger partial charge on any atom is 0.129 e. The molecule has 0 unspecified atom stereocenters. The van der Waals surface area contributed by atoms with E-state index in [9.17, 15) is 5.11 Å². The fraction of sp³-hybridized carbons (Fsp3) is 0.524. The molecule has 1 aromatic heterocycles. The van der Waals surface area contributed by atoms with Crippen molar-refractivity contribution >= 4 is 0 Å². The lowest BCUT2D eigenvalue weighted by atomic mass is 10.1. The SMILES string of the molecule is COc1ccc(CN(CCC(C)C)C[C@H](O)COCc2ccco2)cc1. The number of hydrogen-bond donors (Lipinski definition) is 1. The molecule has 2 aromatic rings. The molecule has 26 heavy (non-hydrogen) atoms. The van der Waals surface area contributed by atoms with Crippen LogP contribution < -0.4 is 4.74 Å². The fourth-order valence-electron chi connectivity index (χ4n) is 2.71. The molecule has 1 heterocycles. The average molecular weight is 361 g/mol. The fourth-order valence-corrected chi connectivity index (χ4v) is 2.71. The van der Waals surface area contributed by atoms with Crippen molar-refractivity contribution in [2.45, 2.75) is 39.5 Å². The van der Waals surface area contributed by atoms with Crippen molar-refractivity contribution in [1.82, 2.24) is 4.90 Å². The van der Waals surface area contributed by atoms with Crippen LogP contribution in [-0.2, 0) is 17.9 Å². The van der Waals surface area contributed by atoms with Gasteiger partial charge in [0.2, 0.25) is 0 Å². The highest BCUT2D eigenvalue weighted by Crippen LogP contribution is 2.14. The van der Waals surface area contributed by atoms with Crippen LogP contribution >= 0.6 is 0 Å². The van der Waals surface area contributed by atoms with E-state index in [0.29, 0.717) is 25.7 Å². The Balaban J connectivity index is 1.83. The second kappa shape index (κ2) is 11.0. The molecule has 1 atom stereocenters. The molecule has 0 aliphatic rings. The van der Waals surface area contributed by atoms with Crippen molar-refractivity contribution in [3.63, 3.8) is 0 Å². The molecule has 0 saturated carbocycles. The van der Waals surface area contributed by atoms with Gasteiger partial charge in [0.25, 0.3) is 0 Å².